The van der Waals surface area contributed by atoms with Gasteiger partial charge in [0.15, 0.2) is 6.61 Å². The van der Waals surface area contributed by atoms with Crippen LogP contribution in [0, 0.1) is 11.8 Å². The zero-order valence-corrected chi connectivity index (χ0v) is 17.4. The summed E-state index contributed by atoms with van der Waals surface area (Å²) in [6.45, 7) is 4.99. The first-order valence-electron chi connectivity index (χ1n) is 9.65. The lowest BCUT2D eigenvalue weighted by Gasteiger charge is -2.34. The van der Waals surface area contributed by atoms with Gasteiger partial charge in [0.2, 0.25) is 5.91 Å². The number of anilines is 1. The minimum atomic E-state index is -4.51. The SMILES string of the molecule is CC1CC(C)CN(C(=O)COC(=O)CC2Sc3ccc(C(F)(F)F)cc3NC2=O)C1. The number of esters is 1. The molecule has 164 valence electrons. The highest BCUT2D eigenvalue weighted by atomic mass is 32.2. The number of amides is 2. The number of likely N-dealkylation sites (tertiary alicyclic amines) is 1. The summed E-state index contributed by atoms with van der Waals surface area (Å²) >= 11 is 1.00. The molecule has 10 heteroatoms. The van der Waals surface area contributed by atoms with Crippen LogP contribution in [0.3, 0.4) is 0 Å². The molecule has 0 spiro atoms. The third-order valence-corrected chi connectivity index (χ3v) is 6.33. The van der Waals surface area contributed by atoms with Gasteiger partial charge in [-0.15, -0.1) is 11.8 Å². The first kappa shape index (κ1) is 22.5. The van der Waals surface area contributed by atoms with Crippen LogP contribution in [0.2, 0.25) is 0 Å². The van der Waals surface area contributed by atoms with E-state index in [1.165, 1.54) is 6.07 Å². The van der Waals surface area contributed by atoms with Crippen molar-refractivity contribution in [1.29, 1.82) is 0 Å². The molecule has 3 rings (SSSR count). The van der Waals surface area contributed by atoms with E-state index < -0.39 is 28.9 Å². The van der Waals surface area contributed by atoms with E-state index in [1.54, 1.807) is 4.90 Å². The molecule has 6 nitrogen and oxygen atoms in total. The molecule has 2 aliphatic heterocycles. The molecular formula is C20H23F3N2O4S. The highest BCUT2D eigenvalue weighted by molar-refractivity contribution is 8.01. The van der Waals surface area contributed by atoms with Crippen molar-refractivity contribution in [3.8, 4) is 0 Å². The van der Waals surface area contributed by atoms with Gasteiger partial charge >= 0.3 is 12.1 Å². The van der Waals surface area contributed by atoms with Crippen molar-refractivity contribution in [1.82, 2.24) is 4.90 Å². The Bertz CT molecular complexity index is 836. The molecule has 1 aromatic carbocycles. The number of nitrogens with one attached hydrogen (secondary N) is 1. The van der Waals surface area contributed by atoms with Gasteiger partial charge in [0.25, 0.3) is 5.91 Å². The van der Waals surface area contributed by atoms with Crippen LogP contribution in [0.15, 0.2) is 23.1 Å². The van der Waals surface area contributed by atoms with Crippen molar-refractivity contribution in [2.45, 2.75) is 43.0 Å². The van der Waals surface area contributed by atoms with Crippen LogP contribution in [-0.4, -0.2) is 47.6 Å². The van der Waals surface area contributed by atoms with Crippen molar-refractivity contribution in [2.75, 3.05) is 25.0 Å². The monoisotopic (exact) mass is 444 g/mol. The second-order valence-electron chi connectivity index (χ2n) is 7.91. The quantitative estimate of drug-likeness (QED) is 0.719. The van der Waals surface area contributed by atoms with Gasteiger partial charge in [0.1, 0.15) is 0 Å². The van der Waals surface area contributed by atoms with Crippen LogP contribution in [-0.2, 0) is 25.3 Å². The van der Waals surface area contributed by atoms with Crippen molar-refractivity contribution >= 4 is 35.2 Å². The van der Waals surface area contributed by atoms with Gasteiger partial charge in [-0.05, 0) is 36.5 Å². The highest BCUT2D eigenvalue weighted by Crippen LogP contribution is 2.40. The number of benzene rings is 1. The molecule has 1 fully saturated rings. The number of halogens is 3. The largest absolute Gasteiger partial charge is 0.456 e. The third-order valence-electron chi connectivity index (χ3n) is 5.06. The number of ether oxygens (including phenoxy) is 1. The standard InChI is InChI=1S/C20H23F3N2O4S/c1-11-5-12(2)9-25(8-11)17(26)10-29-18(27)7-16-19(28)24-14-6-13(20(21,22)23)3-4-15(14)30-16/h3-4,6,11-12,16H,5,7-10H2,1-2H3,(H,24,28). The van der Waals surface area contributed by atoms with E-state index in [-0.39, 0.29) is 24.6 Å². The molecule has 3 atom stereocenters. The highest BCUT2D eigenvalue weighted by Gasteiger charge is 2.35. The summed E-state index contributed by atoms with van der Waals surface area (Å²) in [5, 5.41) is 1.57. The summed E-state index contributed by atoms with van der Waals surface area (Å²) < 4.78 is 43.5. The second kappa shape index (κ2) is 8.87. The lowest BCUT2D eigenvalue weighted by Crippen LogP contribution is -2.44. The lowest BCUT2D eigenvalue weighted by atomic mass is 9.92. The zero-order valence-electron chi connectivity index (χ0n) is 16.6. The summed E-state index contributed by atoms with van der Waals surface area (Å²) in [7, 11) is 0. The van der Waals surface area contributed by atoms with Gasteiger partial charge in [-0.1, -0.05) is 13.8 Å². The molecule has 0 bridgehead atoms. The number of carbonyl (C=O) groups excluding carboxylic acids is 3. The van der Waals surface area contributed by atoms with Crippen LogP contribution in [0.25, 0.3) is 0 Å². The normalized spacial score (nSPS) is 24.1. The van der Waals surface area contributed by atoms with Crippen LogP contribution >= 0.6 is 11.8 Å². The fraction of sp³-hybridized carbons (Fsp3) is 0.550. The Hall–Kier alpha value is -2.23. The number of nitrogens with zero attached hydrogens (tertiary/aromatic N) is 1. The molecule has 1 aromatic rings. The number of alkyl halides is 3. The maximum absolute atomic E-state index is 12.8. The van der Waals surface area contributed by atoms with Gasteiger partial charge in [0.05, 0.1) is 22.9 Å². The first-order chi connectivity index (χ1) is 14.0. The van der Waals surface area contributed by atoms with Gasteiger partial charge in [0, 0.05) is 18.0 Å². The third kappa shape index (κ3) is 5.47. The summed E-state index contributed by atoms with van der Waals surface area (Å²) in [6.07, 6.45) is -3.75. The van der Waals surface area contributed by atoms with E-state index in [0.717, 1.165) is 30.3 Å². The minimum Gasteiger partial charge on any atom is -0.456 e. The fourth-order valence-electron chi connectivity index (χ4n) is 3.77. The predicted molar refractivity (Wildman–Crippen MR) is 105 cm³/mol. The first-order valence-corrected chi connectivity index (χ1v) is 10.5. The van der Waals surface area contributed by atoms with Crippen LogP contribution in [0.4, 0.5) is 18.9 Å². The molecule has 0 radical (unpaired) electrons. The molecule has 0 aromatic heterocycles. The van der Waals surface area contributed by atoms with Crippen molar-refractivity contribution in [3.63, 3.8) is 0 Å². The Morgan fingerprint density at radius 3 is 2.53 bits per heavy atom. The maximum atomic E-state index is 12.8. The molecule has 2 aliphatic rings. The summed E-state index contributed by atoms with van der Waals surface area (Å²) in [6, 6.07) is 3.06. The van der Waals surface area contributed by atoms with Crippen LogP contribution in [0.5, 0.6) is 0 Å². The molecule has 2 heterocycles. The van der Waals surface area contributed by atoms with Gasteiger partial charge in [-0.3, -0.25) is 14.4 Å². The van der Waals surface area contributed by atoms with Gasteiger partial charge < -0.3 is 15.0 Å². The maximum Gasteiger partial charge on any atom is 0.416 e. The average molecular weight is 444 g/mol. The number of hydrogen-bond acceptors (Lipinski definition) is 5. The van der Waals surface area contributed by atoms with Gasteiger partial charge in [-0.25, -0.2) is 0 Å². The summed E-state index contributed by atoms with van der Waals surface area (Å²) in [5.74, 6) is -0.784. The molecular weight excluding hydrogens is 421 g/mol. The average Bonchev–Trinajstić information content (AvgIpc) is 2.64. The predicted octanol–water partition coefficient (Wildman–Crippen LogP) is 3.56. The molecule has 1 N–H and O–H groups in total. The van der Waals surface area contributed by atoms with E-state index in [9.17, 15) is 27.6 Å². The smallest absolute Gasteiger partial charge is 0.416 e. The number of fused-ring (bicyclic) bond motifs is 1. The Labute approximate surface area is 176 Å². The fourth-order valence-corrected chi connectivity index (χ4v) is 4.85. The molecule has 0 aliphatic carbocycles. The number of thioether (sulfide) groups is 1. The van der Waals surface area contributed by atoms with Crippen LogP contribution < -0.4 is 5.32 Å². The van der Waals surface area contributed by atoms with E-state index in [4.69, 9.17) is 4.74 Å². The zero-order chi connectivity index (χ0) is 22.1. The minimum absolute atomic E-state index is 0.0629. The van der Waals surface area contributed by atoms with Crippen LogP contribution in [0.1, 0.15) is 32.3 Å². The van der Waals surface area contributed by atoms with E-state index in [1.807, 2.05) is 0 Å². The van der Waals surface area contributed by atoms with E-state index in [0.29, 0.717) is 29.8 Å². The second-order valence-corrected chi connectivity index (χ2v) is 9.16. The number of hydrogen-bond donors (Lipinski definition) is 1. The lowest BCUT2D eigenvalue weighted by molar-refractivity contribution is -0.153. The Morgan fingerprint density at radius 2 is 1.90 bits per heavy atom. The summed E-state index contributed by atoms with van der Waals surface area (Å²) in [4.78, 5) is 38.8. The van der Waals surface area contributed by atoms with Crippen molar-refractivity contribution in [3.05, 3.63) is 23.8 Å². The van der Waals surface area contributed by atoms with Crippen molar-refractivity contribution in [2.24, 2.45) is 11.8 Å². The van der Waals surface area contributed by atoms with Gasteiger partial charge in [-0.2, -0.15) is 13.2 Å². The molecule has 0 saturated carbocycles. The Morgan fingerprint density at radius 1 is 1.23 bits per heavy atom. The van der Waals surface area contributed by atoms with E-state index >= 15 is 0 Å². The Balaban J connectivity index is 1.53. The molecule has 2 amide bonds. The molecule has 3 unspecified atom stereocenters. The summed E-state index contributed by atoms with van der Waals surface area (Å²) in [5.41, 5.74) is -0.798. The number of carbonyl (C=O) groups is 3. The van der Waals surface area contributed by atoms with Crippen molar-refractivity contribution < 1.29 is 32.3 Å². The Kier molecular flexibility index (Phi) is 6.64. The molecule has 30 heavy (non-hydrogen) atoms. The number of rotatable bonds is 4. The molecule has 1 saturated heterocycles. The van der Waals surface area contributed by atoms with E-state index in [2.05, 4.69) is 19.2 Å². The topological polar surface area (TPSA) is 75.7 Å². The number of piperidine rings is 1.